The first-order valence-electron chi connectivity index (χ1n) is 4.69. The van der Waals surface area contributed by atoms with Crippen molar-refractivity contribution in [1.82, 2.24) is 0 Å². The van der Waals surface area contributed by atoms with Crippen molar-refractivity contribution >= 4 is 11.5 Å². The summed E-state index contributed by atoms with van der Waals surface area (Å²) < 4.78 is 5.15. The summed E-state index contributed by atoms with van der Waals surface area (Å²) in [4.78, 5) is 11.0. The van der Waals surface area contributed by atoms with Gasteiger partial charge < -0.3 is 9.84 Å². The fraction of sp³-hybridized carbons (Fsp3) is 0.250. The summed E-state index contributed by atoms with van der Waals surface area (Å²) in [5.41, 5.74) is 1.47. The molecule has 0 aromatic heterocycles. The Morgan fingerprint density at radius 1 is 1.33 bits per heavy atom. The van der Waals surface area contributed by atoms with E-state index in [9.17, 15) is 4.79 Å². The Morgan fingerprint density at radius 2 is 1.87 bits per heavy atom. The van der Waals surface area contributed by atoms with Crippen molar-refractivity contribution in [3.63, 3.8) is 0 Å². The maximum Gasteiger partial charge on any atom is 0.159 e. The van der Waals surface area contributed by atoms with Crippen molar-refractivity contribution in [2.45, 2.75) is 6.92 Å². The smallest absolute Gasteiger partial charge is 0.159 e. The van der Waals surface area contributed by atoms with Gasteiger partial charge in [0.15, 0.2) is 5.78 Å². The minimum Gasteiger partial charge on any atom is -0.491 e. The number of benzene rings is 1. The number of carbonyl (C=O) groups excluding carboxylic acids is 1. The molecule has 1 N–H and O–H groups in total. The first kappa shape index (κ1) is 11.5. The van der Waals surface area contributed by atoms with Crippen LogP contribution in [0.5, 0.6) is 0 Å². The molecule has 3 heteroatoms. The molecule has 0 unspecified atom stereocenters. The second-order valence-electron chi connectivity index (χ2n) is 3.13. The third kappa shape index (κ3) is 3.22. The van der Waals surface area contributed by atoms with Crippen molar-refractivity contribution in [2.75, 3.05) is 13.2 Å². The van der Waals surface area contributed by atoms with Crippen LogP contribution in [0.3, 0.4) is 0 Å². The highest BCUT2D eigenvalue weighted by Gasteiger charge is 2.02. The molecule has 80 valence electrons. The van der Waals surface area contributed by atoms with E-state index in [0.29, 0.717) is 11.3 Å². The number of aliphatic hydroxyl groups excluding tert-OH is 1. The molecule has 0 atom stereocenters. The monoisotopic (exact) mass is 206 g/mol. The summed E-state index contributed by atoms with van der Waals surface area (Å²) in [7, 11) is 0. The van der Waals surface area contributed by atoms with Gasteiger partial charge in [0, 0.05) is 11.1 Å². The van der Waals surface area contributed by atoms with Crippen LogP contribution in [0, 0.1) is 0 Å². The lowest BCUT2D eigenvalue weighted by atomic mass is 10.1. The van der Waals surface area contributed by atoms with Crippen LogP contribution in [0.15, 0.2) is 30.8 Å². The Hall–Kier alpha value is -1.61. The number of hydrogen-bond donors (Lipinski definition) is 1. The van der Waals surface area contributed by atoms with Gasteiger partial charge in [0.25, 0.3) is 0 Å². The minimum atomic E-state index is -0.0372. The third-order valence-electron chi connectivity index (χ3n) is 1.98. The highest BCUT2D eigenvalue weighted by Crippen LogP contribution is 2.14. The van der Waals surface area contributed by atoms with Crippen LogP contribution in [0.4, 0.5) is 0 Å². The molecule has 0 aliphatic carbocycles. The molecule has 0 radical (unpaired) electrons. The molecule has 0 amide bonds. The average molecular weight is 206 g/mol. The van der Waals surface area contributed by atoms with Crippen LogP contribution in [0.25, 0.3) is 5.76 Å². The van der Waals surface area contributed by atoms with E-state index in [0.717, 1.165) is 5.56 Å². The normalized spacial score (nSPS) is 9.73. The Morgan fingerprint density at radius 3 is 2.33 bits per heavy atom. The zero-order valence-corrected chi connectivity index (χ0v) is 8.69. The second kappa shape index (κ2) is 5.32. The van der Waals surface area contributed by atoms with Crippen molar-refractivity contribution in [3.05, 3.63) is 42.0 Å². The molecule has 0 fully saturated rings. The van der Waals surface area contributed by atoms with Gasteiger partial charge in [-0.1, -0.05) is 30.8 Å². The van der Waals surface area contributed by atoms with E-state index in [1.54, 1.807) is 24.3 Å². The average Bonchev–Trinajstić information content (AvgIpc) is 2.26. The van der Waals surface area contributed by atoms with E-state index in [4.69, 9.17) is 9.84 Å². The van der Waals surface area contributed by atoms with Crippen LogP contribution in [0.2, 0.25) is 0 Å². The summed E-state index contributed by atoms with van der Waals surface area (Å²) in [5.74, 6) is 0.530. The van der Waals surface area contributed by atoms with Gasteiger partial charge in [0.1, 0.15) is 12.4 Å². The van der Waals surface area contributed by atoms with E-state index >= 15 is 0 Å². The molecular formula is C12H14O3. The topological polar surface area (TPSA) is 46.5 Å². The molecule has 0 saturated heterocycles. The highest BCUT2D eigenvalue weighted by molar-refractivity contribution is 5.94. The summed E-state index contributed by atoms with van der Waals surface area (Å²) in [6.45, 7) is 5.43. The molecule has 3 nitrogen and oxygen atoms in total. The van der Waals surface area contributed by atoms with E-state index in [2.05, 4.69) is 6.58 Å². The van der Waals surface area contributed by atoms with E-state index in [-0.39, 0.29) is 19.0 Å². The fourth-order valence-electron chi connectivity index (χ4n) is 1.14. The summed E-state index contributed by atoms with van der Waals surface area (Å²) in [6, 6.07) is 7.00. The zero-order valence-electron chi connectivity index (χ0n) is 8.69. The first-order valence-corrected chi connectivity index (χ1v) is 4.69. The maximum absolute atomic E-state index is 11.0. The third-order valence-corrected chi connectivity index (χ3v) is 1.98. The lowest BCUT2D eigenvalue weighted by Crippen LogP contribution is -1.98. The summed E-state index contributed by atoms with van der Waals surface area (Å²) >= 11 is 0. The molecule has 1 rings (SSSR count). The van der Waals surface area contributed by atoms with E-state index in [1.807, 2.05) is 0 Å². The molecule has 1 aromatic rings. The van der Waals surface area contributed by atoms with Gasteiger partial charge in [-0.25, -0.2) is 0 Å². The van der Waals surface area contributed by atoms with Crippen molar-refractivity contribution in [1.29, 1.82) is 0 Å². The summed E-state index contributed by atoms with van der Waals surface area (Å²) in [6.07, 6.45) is 0. The van der Waals surface area contributed by atoms with Gasteiger partial charge in [0.2, 0.25) is 0 Å². The van der Waals surface area contributed by atoms with Crippen LogP contribution in [-0.4, -0.2) is 24.1 Å². The van der Waals surface area contributed by atoms with E-state index < -0.39 is 0 Å². The number of hydrogen-bond acceptors (Lipinski definition) is 3. The predicted octanol–water partition coefficient (Wildman–Crippen LogP) is 1.87. The number of aliphatic hydroxyl groups is 1. The van der Waals surface area contributed by atoms with Gasteiger partial charge in [-0.2, -0.15) is 0 Å². The Kier molecular flexibility index (Phi) is 4.06. The van der Waals surface area contributed by atoms with E-state index in [1.165, 1.54) is 6.92 Å². The number of carbonyl (C=O) groups is 1. The van der Waals surface area contributed by atoms with Gasteiger partial charge >= 0.3 is 0 Å². The molecular weight excluding hydrogens is 192 g/mol. The van der Waals surface area contributed by atoms with Gasteiger partial charge in [-0.05, 0) is 6.92 Å². The Balaban J connectivity index is 2.71. The fourth-order valence-corrected chi connectivity index (χ4v) is 1.14. The van der Waals surface area contributed by atoms with Crippen molar-refractivity contribution in [3.8, 4) is 0 Å². The van der Waals surface area contributed by atoms with Gasteiger partial charge in [-0.15, -0.1) is 0 Å². The van der Waals surface area contributed by atoms with Crippen molar-refractivity contribution in [2.24, 2.45) is 0 Å². The van der Waals surface area contributed by atoms with Gasteiger partial charge in [0.05, 0.1) is 6.61 Å². The first-order chi connectivity index (χ1) is 7.15. The highest BCUT2D eigenvalue weighted by atomic mass is 16.5. The maximum atomic E-state index is 11.0. The molecule has 0 aliphatic rings. The largest absolute Gasteiger partial charge is 0.491 e. The summed E-state index contributed by atoms with van der Waals surface area (Å²) in [5, 5.41) is 8.57. The van der Waals surface area contributed by atoms with Crippen LogP contribution in [-0.2, 0) is 4.74 Å². The number of ketones is 1. The standard InChI is InChI=1S/C12H14O3/c1-9(14)11-3-5-12(6-4-11)10(2)15-8-7-13/h3-6,13H,2,7-8H2,1H3. The van der Waals surface area contributed by atoms with Crippen LogP contribution in [0.1, 0.15) is 22.8 Å². The molecule has 0 spiro atoms. The number of rotatable bonds is 5. The number of ether oxygens (including phenoxy) is 1. The quantitative estimate of drug-likeness (QED) is 0.591. The SMILES string of the molecule is C=C(OCCO)c1ccc(C(C)=O)cc1. The lowest BCUT2D eigenvalue weighted by molar-refractivity contribution is 0.101. The van der Waals surface area contributed by atoms with Gasteiger partial charge in [-0.3, -0.25) is 4.79 Å². The minimum absolute atomic E-state index is 0.0310. The Labute approximate surface area is 89.0 Å². The van der Waals surface area contributed by atoms with Crippen molar-refractivity contribution < 1.29 is 14.6 Å². The molecule has 0 heterocycles. The molecule has 0 aliphatic heterocycles. The molecule has 0 bridgehead atoms. The Bertz CT molecular complexity index is 352. The molecule has 15 heavy (non-hydrogen) atoms. The lowest BCUT2D eigenvalue weighted by Gasteiger charge is -2.07. The zero-order chi connectivity index (χ0) is 11.3. The van der Waals surface area contributed by atoms with Crippen LogP contribution < -0.4 is 0 Å². The van der Waals surface area contributed by atoms with Crippen LogP contribution >= 0.6 is 0 Å². The molecule has 1 aromatic carbocycles. The number of Topliss-reactive ketones (excluding diaryl/α,β-unsaturated/α-hetero) is 1. The predicted molar refractivity (Wildman–Crippen MR) is 58.5 cm³/mol. The molecule has 0 saturated carbocycles. The second-order valence-corrected chi connectivity index (χ2v) is 3.13.